The largest absolute Gasteiger partial charge is 0.481 e. The van der Waals surface area contributed by atoms with E-state index in [1.807, 2.05) is 31.2 Å². The van der Waals surface area contributed by atoms with Crippen LogP contribution >= 0.6 is 0 Å². The molecule has 21 heavy (non-hydrogen) atoms. The Morgan fingerprint density at radius 3 is 2.38 bits per heavy atom. The van der Waals surface area contributed by atoms with Crippen molar-refractivity contribution in [2.75, 3.05) is 13.6 Å². The molecule has 2 N–H and O–H groups in total. The third-order valence-corrected chi connectivity index (χ3v) is 4.23. The molecule has 0 bridgehead atoms. The van der Waals surface area contributed by atoms with Gasteiger partial charge in [-0.25, -0.2) is 4.79 Å². The predicted octanol–water partition coefficient (Wildman–Crippen LogP) is 2.39. The fourth-order valence-corrected chi connectivity index (χ4v) is 2.49. The SMILES string of the molecule is Cc1ccc(CN(C)C(=O)NCC2(C(=O)O)CCC2)cc1. The van der Waals surface area contributed by atoms with Gasteiger partial charge in [-0.2, -0.15) is 0 Å². The molecule has 114 valence electrons. The van der Waals surface area contributed by atoms with E-state index >= 15 is 0 Å². The highest BCUT2D eigenvalue weighted by molar-refractivity contribution is 5.78. The molecular weight excluding hydrogens is 268 g/mol. The van der Waals surface area contributed by atoms with Crippen LogP contribution in [0.5, 0.6) is 0 Å². The van der Waals surface area contributed by atoms with E-state index in [1.165, 1.54) is 5.56 Å². The molecule has 1 aromatic rings. The van der Waals surface area contributed by atoms with Crippen molar-refractivity contribution >= 4 is 12.0 Å². The van der Waals surface area contributed by atoms with E-state index < -0.39 is 11.4 Å². The Bertz CT molecular complexity index is 521. The van der Waals surface area contributed by atoms with Crippen LogP contribution in [0.3, 0.4) is 0 Å². The van der Waals surface area contributed by atoms with Gasteiger partial charge < -0.3 is 15.3 Å². The van der Waals surface area contributed by atoms with Gasteiger partial charge in [0, 0.05) is 20.1 Å². The number of urea groups is 1. The van der Waals surface area contributed by atoms with Crippen LogP contribution < -0.4 is 5.32 Å². The van der Waals surface area contributed by atoms with Crippen LogP contribution in [0, 0.1) is 12.3 Å². The lowest BCUT2D eigenvalue weighted by Gasteiger charge is -2.37. The number of benzene rings is 1. The molecule has 0 heterocycles. The van der Waals surface area contributed by atoms with Crippen molar-refractivity contribution in [2.45, 2.75) is 32.7 Å². The first-order valence-corrected chi connectivity index (χ1v) is 7.21. The van der Waals surface area contributed by atoms with Crippen LogP contribution in [0.25, 0.3) is 0 Å². The first-order chi connectivity index (χ1) is 9.93. The van der Waals surface area contributed by atoms with Gasteiger partial charge in [0.15, 0.2) is 0 Å². The molecule has 0 radical (unpaired) electrons. The quantitative estimate of drug-likeness (QED) is 0.874. The van der Waals surface area contributed by atoms with Gasteiger partial charge >= 0.3 is 12.0 Å². The van der Waals surface area contributed by atoms with Crippen molar-refractivity contribution in [3.63, 3.8) is 0 Å². The molecule has 5 heteroatoms. The Morgan fingerprint density at radius 1 is 1.29 bits per heavy atom. The average Bonchev–Trinajstić information content (AvgIpc) is 2.39. The van der Waals surface area contributed by atoms with Gasteiger partial charge in [-0.05, 0) is 25.3 Å². The molecule has 0 atom stereocenters. The van der Waals surface area contributed by atoms with Gasteiger partial charge in [0.05, 0.1) is 5.41 Å². The lowest BCUT2D eigenvalue weighted by molar-refractivity contribution is -0.153. The zero-order chi connectivity index (χ0) is 15.5. The second-order valence-corrected chi connectivity index (χ2v) is 5.94. The highest BCUT2D eigenvalue weighted by atomic mass is 16.4. The number of aryl methyl sites for hydroxylation is 1. The van der Waals surface area contributed by atoms with Gasteiger partial charge in [0.2, 0.25) is 0 Å². The highest BCUT2D eigenvalue weighted by Crippen LogP contribution is 2.40. The van der Waals surface area contributed by atoms with Crippen LogP contribution in [0.15, 0.2) is 24.3 Å². The molecule has 0 unspecified atom stereocenters. The zero-order valence-electron chi connectivity index (χ0n) is 12.6. The number of carbonyl (C=O) groups excluding carboxylic acids is 1. The molecule has 1 aliphatic carbocycles. The first-order valence-electron chi connectivity index (χ1n) is 7.21. The number of hydrogen-bond acceptors (Lipinski definition) is 2. The van der Waals surface area contributed by atoms with Crippen LogP contribution in [-0.4, -0.2) is 35.6 Å². The van der Waals surface area contributed by atoms with Gasteiger partial charge in [-0.15, -0.1) is 0 Å². The van der Waals surface area contributed by atoms with Gasteiger partial charge in [0.1, 0.15) is 0 Å². The maximum Gasteiger partial charge on any atom is 0.317 e. The Balaban J connectivity index is 1.85. The van der Waals surface area contributed by atoms with E-state index in [4.69, 9.17) is 0 Å². The summed E-state index contributed by atoms with van der Waals surface area (Å²) in [6, 6.07) is 7.76. The summed E-state index contributed by atoms with van der Waals surface area (Å²) in [7, 11) is 1.71. The standard InChI is InChI=1S/C16H22N2O3/c1-12-4-6-13(7-5-12)10-18(2)15(21)17-11-16(14(19)20)8-3-9-16/h4-7H,3,8-11H2,1-2H3,(H,17,21)(H,19,20). The minimum atomic E-state index is -0.810. The van der Waals surface area contributed by atoms with Crippen LogP contribution in [0.2, 0.25) is 0 Å². The number of nitrogens with one attached hydrogen (secondary N) is 1. The third-order valence-electron chi connectivity index (χ3n) is 4.23. The number of nitrogens with zero attached hydrogens (tertiary/aromatic N) is 1. The number of aliphatic carboxylic acids is 1. The molecule has 0 aliphatic heterocycles. The third kappa shape index (κ3) is 3.54. The monoisotopic (exact) mass is 290 g/mol. The second kappa shape index (κ2) is 6.16. The summed E-state index contributed by atoms with van der Waals surface area (Å²) in [6.07, 6.45) is 2.20. The Kier molecular flexibility index (Phi) is 4.50. The molecule has 5 nitrogen and oxygen atoms in total. The number of rotatable bonds is 5. The summed E-state index contributed by atoms with van der Waals surface area (Å²) in [5.74, 6) is -0.810. The van der Waals surface area contributed by atoms with Crippen molar-refractivity contribution in [3.8, 4) is 0 Å². The van der Waals surface area contributed by atoms with Crippen LogP contribution in [0.1, 0.15) is 30.4 Å². The normalized spacial score (nSPS) is 15.9. The van der Waals surface area contributed by atoms with E-state index in [-0.39, 0.29) is 12.6 Å². The number of carbonyl (C=O) groups is 2. The fourth-order valence-electron chi connectivity index (χ4n) is 2.49. The van der Waals surface area contributed by atoms with E-state index in [9.17, 15) is 14.7 Å². The Hall–Kier alpha value is -2.04. The smallest absolute Gasteiger partial charge is 0.317 e. The van der Waals surface area contributed by atoms with Crippen LogP contribution in [0.4, 0.5) is 4.79 Å². The molecule has 2 rings (SSSR count). The molecule has 1 aliphatic rings. The highest BCUT2D eigenvalue weighted by Gasteiger charge is 2.44. The van der Waals surface area contributed by atoms with Crippen molar-refractivity contribution in [1.29, 1.82) is 0 Å². The van der Waals surface area contributed by atoms with E-state index in [0.29, 0.717) is 19.4 Å². The molecule has 2 amide bonds. The molecule has 1 fully saturated rings. The average molecular weight is 290 g/mol. The molecular formula is C16H22N2O3. The Morgan fingerprint density at radius 2 is 1.90 bits per heavy atom. The molecule has 0 saturated heterocycles. The van der Waals surface area contributed by atoms with Crippen molar-refractivity contribution < 1.29 is 14.7 Å². The number of hydrogen-bond donors (Lipinski definition) is 2. The minimum Gasteiger partial charge on any atom is -0.481 e. The van der Waals surface area contributed by atoms with E-state index in [0.717, 1.165) is 12.0 Å². The number of carboxylic acid groups (broad SMARTS) is 1. The van der Waals surface area contributed by atoms with E-state index in [1.54, 1.807) is 11.9 Å². The van der Waals surface area contributed by atoms with Gasteiger partial charge in [-0.1, -0.05) is 36.2 Å². The van der Waals surface area contributed by atoms with Gasteiger partial charge in [-0.3, -0.25) is 4.79 Å². The topological polar surface area (TPSA) is 69.6 Å². The van der Waals surface area contributed by atoms with Crippen molar-refractivity contribution in [1.82, 2.24) is 10.2 Å². The fraction of sp³-hybridized carbons (Fsp3) is 0.500. The summed E-state index contributed by atoms with van der Waals surface area (Å²) in [6.45, 7) is 2.73. The summed E-state index contributed by atoms with van der Waals surface area (Å²) < 4.78 is 0. The summed E-state index contributed by atoms with van der Waals surface area (Å²) in [5, 5.41) is 12.0. The predicted molar refractivity (Wildman–Crippen MR) is 80.0 cm³/mol. The molecule has 0 spiro atoms. The van der Waals surface area contributed by atoms with Crippen molar-refractivity contribution in [2.24, 2.45) is 5.41 Å². The van der Waals surface area contributed by atoms with E-state index in [2.05, 4.69) is 5.32 Å². The summed E-state index contributed by atoms with van der Waals surface area (Å²) >= 11 is 0. The molecule has 1 saturated carbocycles. The lowest BCUT2D eigenvalue weighted by atomic mass is 9.69. The number of carboxylic acids is 1. The lowest BCUT2D eigenvalue weighted by Crippen LogP contribution is -2.49. The Labute approximate surface area is 125 Å². The minimum absolute atomic E-state index is 0.208. The molecule has 1 aromatic carbocycles. The van der Waals surface area contributed by atoms with Crippen molar-refractivity contribution in [3.05, 3.63) is 35.4 Å². The maximum atomic E-state index is 12.0. The summed E-state index contributed by atoms with van der Waals surface area (Å²) in [5.41, 5.74) is 1.48. The maximum absolute atomic E-state index is 12.0. The van der Waals surface area contributed by atoms with Crippen LogP contribution in [-0.2, 0) is 11.3 Å². The first kappa shape index (κ1) is 15.4. The van der Waals surface area contributed by atoms with Gasteiger partial charge in [0.25, 0.3) is 0 Å². The molecule has 0 aromatic heterocycles. The summed E-state index contributed by atoms with van der Waals surface area (Å²) in [4.78, 5) is 24.9. The second-order valence-electron chi connectivity index (χ2n) is 5.94. The number of amides is 2. The zero-order valence-corrected chi connectivity index (χ0v) is 12.6.